The average molecular weight is 493 g/mol. The highest BCUT2D eigenvalue weighted by Crippen LogP contribution is 2.48. The summed E-state index contributed by atoms with van der Waals surface area (Å²) >= 11 is 0. The monoisotopic (exact) mass is 493 g/mol. The number of nitrogens with one attached hydrogen (secondary N) is 2. The Morgan fingerprint density at radius 1 is 1.39 bits per heavy atom. The third kappa shape index (κ3) is 4.80. The van der Waals surface area contributed by atoms with E-state index in [0.717, 1.165) is 29.3 Å². The van der Waals surface area contributed by atoms with Crippen LogP contribution in [0.25, 0.3) is 0 Å². The van der Waals surface area contributed by atoms with Crippen LogP contribution in [0, 0.1) is 15.9 Å². The van der Waals surface area contributed by atoms with E-state index in [9.17, 15) is 36.2 Å². The number of carbonyl (C=O) groups excluding carboxylic acids is 1. The van der Waals surface area contributed by atoms with Crippen LogP contribution in [0.2, 0.25) is 0 Å². The smallest absolute Gasteiger partial charge is 0.420 e. The van der Waals surface area contributed by atoms with Crippen molar-refractivity contribution in [3.8, 4) is 0 Å². The molecule has 1 amide bonds. The Balaban J connectivity index is 1.73. The zero-order valence-corrected chi connectivity index (χ0v) is 18.1. The number of rotatable bonds is 6. The lowest BCUT2D eigenvalue weighted by Gasteiger charge is -2.35. The average Bonchev–Trinajstić information content (AvgIpc) is 3.41. The summed E-state index contributed by atoms with van der Waals surface area (Å²) in [7, 11) is -3.49. The van der Waals surface area contributed by atoms with Crippen LogP contribution < -0.4 is 10.0 Å². The van der Waals surface area contributed by atoms with Crippen LogP contribution in [-0.4, -0.2) is 32.1 Å². The maximum atomic E-state index is 14.0. The number of hydrogen-bond acceptors (Lipinski definition) is 5. The van der Waals surface area contributed by atoms with Gasteiger partial charge >= 0.3 is 6.18 Å². The molecule has 1 unspecified atom stereocenters. The molecule has 8 nitrogen and oxygen atoms in total. The first-order valence-corrected chi connectivity index (χ1v) is 12.0. The highest BCUT2D eigenvalue weighted by atomic mass is 32.2. The topological polar surface area (TPSA) is 115 Å². The second-order valence-electron chi connectivity index (χ2n) is 8.57. The van der Waals surface area contributed by atoms with Crippen LogP contribution >= 0.6 is 0 Å². The molecule has 180 valence electrons. The van der Waals surface area contributed by atoms with Gasteiger partial charge in [-0.25, -0.2) is 17.8 Å². The number of pyridine rings is 1. The van der Waals surface area contributed by atoms with Crippen LogP contribution in [0.1, 0.15) is 53.3 Å². The molecule has 2 aromatic rings. The van der Waals surface area contributed by atoms with Crippen LogP contribution in [0.5, 0.6) is 0 Å². The van der Waals surface area contributed by atoms with E-state index in [1.807, 2.05) is 0 Å². The van der Waals surface area contributed by atoms with Gasteiger partial charge in [0.05, 0.1) is 11.4 Å². The Morgan fingerprint density at radius 2 is 2.03 bits per heavy atom. The SMILES string of the molecule is CS(=N)(=O)c1cc(NC(=O)c2c(C(F)(F)F)c(C3CC3)nn2CC2CC(F)(F)C2)cc[n+]1[O-]. The molecule has 0 bridgehead atoms. The van der Waals surface area contributed by atoms with E-state index in [2.05, 4.69) is 10.4 Å². The minimum Gasteiger partial charge on any atom is -0.618 e. The number of aromatic nitrogens is 3. The molecule has 2 aliphatic carbocycles. The minimum absolute atomic E-state index is 0.145. The molecule has 1 atom stereocenters. The zero-order chi connectivity index (χ0) is 24.3. The number of alkyl halides is 5. The predicted octanol–water partition coefficient (Wildman–Crippen LogP) is 3.75. The van der Waals surface area contributed by atoms with Crippen molar-refractivity contribution in [1.29, 1.82) is 4.78 Å². The summed E-state index contributed by atoms with van der Waals surface area (Å²) in [5, 5.41) is 17.5. The van der Waals surface area contributed by atoms with Crippen molar-refractivity contribution in [2.24, 2.45) is 5.92 Å². The van der Waals surface area contributed by atoms with E-state index in [1.54, 1.807) is 0 Å². The van der Waals surface area contributed by atoms with Gasteiger partial charge in [-0.3, -0.25) is 9.48 Å². The molecule has 0 aliphatic heterocycles. The van der Waals surface area contributed by atoms with Crippen molar-refractivity contribution in [2.45, 2.75) is 55.3 Å². The first kappa shape index (κ1) is 23.4. The third-order valence-electron chi connectivity index (χ3n) is 5.59. The number of anilines is 1. The molecule has 0 radical (unpaired) electrons. The van der Waals surface area contributed by atoms with Gasteiger partial charge in [-0.15, -0.1) is 0 Å². The highest BCUT2D eigenvalue weighted by Gasteiger charge is 2.49. The van der Waals surface area contributed by atoms with Gasteiger partial charge in [0, 0.05) is 43.7 Å². The van der Waals surface area contributed by atoms with Crippen molar-refractivity contribution >= 4 is 21.3 Å². The van der Waals surface area contributed by atoms with Crippen LogP contribution in [0.3, 0.4) is 0 Å². The fraction of sp³-hybridized carbons (Fsp3) is 0.526. The van der Waals surface area contributed by atoms with E-state index in [1.165, 1.54) is 0 Å². The van der Waals surface area contributed by atoms with Crippen molar-refractivity contribution in [3.63, 3.8) is 0 Å². The second-order valence-corrected chi connectivity index (χ2v) is 10.7. The number of amides is 1. The van der Waals surface area contributed by atoms with Gasteiger partial charge in [-0.05, 0) is 18.8 Å². The molecule has 0 spiro atoms. The molecule has 2 N–H and O–H groups in total. The molecule has 2 aliphatic rings. The summed E-state index contributed by atoms with van der Waals surface area (Å²) < 4.78 is 89.0. The van der Waals surface area contributed by atoms with Crippen molar-refractivity contribution in [3.05, 3.63) is 40.5 Å². The highest BCUT2D eigenvalue weighted by molar-refractivity contribution is 7.91. The number of carbonyl (C=O) groups is 1. The summed E-state index contributed by atoms with van der Waals surface area (Å²) in [6.07, 6.45) is -3.12. The minimum atomic E-state index is -4.91. The van der Waals surface area contributed by atoms with Gasteiger partial charge in [-0.1, -0.05) is 0 Å². The molecule has 2 heterocycles. The molecule has 0 aromatic carbocycles. The lowest BCUT2D eigenvalue weighted by atomic mass is 9.81. The Hall–Kier alpha value is -2.77. The Bertz CT molecular complexity index is 1210. The first-order valence-electron chi connectivity index (χ1n) is 10.00. The maximum absolute atomic E-state index is 14.0. The van der Waals surface area contributed by atoms with Crippen molar-refractivity contribution in [2.75, 3.05) is 11.6 Å². The van der Waals surface area contributed by atoms with E-state index >= 15 is 0 Å². The fourth-order valence-corrected chi connectivity index (χ4v) is 4.70. The molecule has 14 heteroatoms. The maximum Gasteiger partial charge on any atom is 0.420 e. The van der Waals surface area contributed by atoms with Gasteiger partial charge in [0.25, 0.3) is 10.9 Å². The lowest BCUT2D eigenvalue weighted by Crippen LogP contribution is -2.38. The molecule has 2 aromatic heterocycles. The first-order chi connectivity index (χ1) is 15.2. The normalized spacial score (nSPS) is 20.2. The number of halogens is 5. The molecule has 33 heavy (non-hydrogen) atoms. The second kappa shape index (κ2) is 7.64. The predicted molar refractivity (Wildman–Crippen MR) is 105 cm³/mol. The van der Waals surface area contributed by atoms with Gasteiger partial charge < -0.3 is 10.5 Å². The Kier molecular flexibility index (Phi) is 5.41. The molecule has 2 saturated carbocycles. The standard InChI is InChI=1S/C19H20F5N5O3S/c1-33(25,32)13-6-12(4-5-29(13)31)26-17(30)16-14(19(22,23)24)15(11-2-3-11)27-28(16)9-10-7-18(20,21)8-10/h4-6,10-11,25H,2-3,7-9H2,1H3,(H,26,30). The third-order valence-corrected chi connectivity index (χ3v) is 6.69. The van der Waals surface area contributed by atoms with E-state index < -0.39 is 68.7 Å². The van der Waals surface area contributed by atoms with Gasteiger partial charge in [0.2, 0.25) is 5.92 Å². The fourth-order valence-electron chi connectivity index (χ4n) is 3.94. The van der Waals surface area contributed by atoms with Gasteiger partial charge in [-0.2, -0.15) is 23.0 Å². The van der Waals surface area contributed by atoms with Crippen molar-refractivity contribution < 1.29 is 35.7 Å². The molecular weight excluding hydrogens is 473 g/mol. The lowest BCUT2D eigenvalue weighted by molar-refractivity contribution is -0.646. The summed E-state index contributed by atoms with van der Waals surface area (Å²) in [5.41, 5.74) is -2.44. The van der Waals surface area contributed by atoms with Gasteiger partial charge in [0.1, 0.15) is 21.0 Å². The van der Waals surface area contributed by atoms with E-state index in [0.29, 0.717) is 12.8 Å². The number of nitrogens with zero attached hydrogens (tertiary/aromatic N) is 3. The Labute approximate surface area is 185 Å². The molecule has 2 fully saturated rings. The number of hydrogen-bond donors (Lipinski definition) is 2. The van der Waals surface area contributed by atoms with Gasteiger partial charge in [0.15, 0.2) is 6.20 Å². The summed E-state index contributed by atoms with van der Waals surface area (Å²) in [6, 6.07) is 2.03. The van der Waals surface area contributed by atoms with Crippen LogP contribution in [-0.2, 0) is 22.5 Å². The van der Waals surface area contributed by atoms with Crippen LogP contribution in [0.15, 0.2) is 23.4 Å². The summed E-state index contributed by atoms with van der Waals surface area (Å²) in [5.74, 6) is -5.18. The van der Waals surface area contributed by atoms with Crippen LogP contribution in [0.4, 0.5) is 27.6 Å². The summed E-state index contributed by atoms with van der Waals surface area (Å²) in [6.45, 7) is -0.274. The Morgan fingerprint density at radius 3 is 2.55 bits per heavy atom. The zero-order valence-electron chi connectivity index (χ0n) is 17.3. The summed E-state index contributed by atoms with van der Waals surface area (Å²) in [4.78, 5) is 13.0. The van der Waals surface area contributed by atoms with Crippen molar-refractivity contribution in [1.82, 2.24) is 9.78 Å². The quantitative estimate of drug-likeness (QED) is 0.362. The van der Waals surface area contributed by atoms with E-state index in [-0.39, 0.29) is 22.7 Å². The molecular formula is C19H20F5N5O3S. The molecule has 4 rings (SSSR count). The van der Waals surface area contributed by atoms with E-state index in [4.69, 9.17) is 4.78 Å². The largest absolute Gasteiger partial charge is 0.618 e. The molecule has 0 saturated heterocycles.